The molecule has 4 rings (SSSR count). The predicted octanol–water partition coefficient (Wildman–Crippen LogP) is 8.42. The zero-order valence-electron chi connectivity index (χ0n) is 21.7. The molecule has 178 valence electrons. The summed E-state index contributed by atoms with van der Waals surface area (Å²) in [4.78, 5) is 0. The maximum Gasteiger partial charge on any atom is 0.0431 e. The lowest BCUT2D eigenvalue weighted by atomic mass is 9.45. The van der Waals surface area contributed by atoms with Gasteiger partial charge in [-0.1, -0.05) is 53.2 Å². The molecular weight excluding hydrogens is 376 g/mol. The van der Waals surface area contributed by atoms with E-state index in [1.165, 1.54) is 76.2 Å². The molecule has 1 heteroatoms. The number of aliphatic hydroxyl groups excluding tert-OH is 1. The zero-order valence-corrected chi connectivity index (χ0v) is 21.7. The Kier molecular flexibility index (Phi) is 6.29. The van der Waals surface area contributed by atoms with E-state index in [0.29, 0.717) is 34.2 Å². The summed E-state index contributed by atoms with van der Waals surface area (Å²) >= 11 is 0. The second-order valence-corrected chi connectivity index (χ2v) is 14.1. The minimum atomic E-state index is 0.307. The van der Waals surface area contributed by atoms with Gasteiger partial charge in [0.05, 0.1) is 0 Å². The van der Waals surface area contributed by atoms with Crippen LogP contribution in [0.15, 0.2) is 12.2 Å². The van der Waals surface area contributed by atoms with Crippen LogP contribution in [0.25, 0.3) is 0 Å². The van der Waals surface area contributed by atoms with Gasteiger partial charge in [0.25, 0.3) is 0 Å². The Balaban J connectivity index is 1.67. The van der Waals surface area contributed by atoms with Crippen molar-refractivity contribution in [3.05, 3.63) is 12.2 Å². The van der Waals surface area contributed by atoms with Crippen LogP contribution in [-0.2, 0) is 0 Å². The van der Waals surface area contributed by atoms with Crippen LogP contribution in [0.2, 0.25) is 0 Å². The number of aliphatic hydroxyl groups is 1. The van der Waals surface area contributed by atoms with Crippen molar-refractivity contribution in [2.75, 3.05) is 6.61 Å². The molecule has 4 fully saturated rings. The summed E-state index contributed by atoms with van der Waals surface area (Å²) in [5.74, 6) is 4.21. The first-order valence-corrected chi connectivity index (χ1v) is 13.7. The third-order valence-electron chi connectivity index (χ3n) is 11.9. The fourth-order valence-corrected chi connectivity index (χ4v) is 10.8. The normalized spacial score (nSPS) is 49.3. The summed E-state index contributed by atoms with van der Waals surface area (Å²) in [5, 5.41) is 9.71. The number of rotatable bonds is 4. The smallest absolute Gasteiger partial charge is 0.0431 e. The molecule has 4 saturated carbocycles. The van der Waals surface area contributed by atoms with E-state index in [-0.39, 0.29) is 0 Å². The largest absolute Gasteiger partial charge is 0.396 e. The van der Waals surface area contributed by atoms with Gasteiger partial charge in [-0.3, -0.25) is 0 Å². The van der Waals surface area contributed by atoms with Gasteiger partial charge in [-0.15, -0.1) is 0 Å². The topological polar surface area (TPSA) is 20.2 Å². The van der Waals surface area contributed by atoms with Gasteiger partial charge in [0.2, 0.25) is 0 Å². The molecule has 0 aromatic heterocycles. The SMILES string of the molecule is C=C(C)C1CCC2(C)CC3CCC4C(C)(C)CCCC4(C)C3CCC2C1(C)CCCO. The molecule has 0 aromatic carbocycles. The summed E-state index contributed by atoms with van der Waals surface area (Å²) in [6.45, 7) is 20.2. The first-order chi connectivity index (χ1) is 14.5. The van der Waals surface area contributed by atoms with Crippen molar-refractivity contribution < 1.29 is 5.11 Å². The minimum absolute atomic E-state index is 0.307. The maximum absolute atomic E-state index is 9.71. The second-order valence-electron chi connectivity index (χ2n) is 14.1. The van der Waals surface area contributed by atoms with Crippen LogP contribution >= 0.6 is 0 Å². The first-order valence-electron chi connectivity index (χ1n) is 13.7. The Morgan fingerprint density at radius 2 is 1.61 bits per heavy atom. The number of fused-ring (bicyclic) bond motifs is 4. The zero-order chi connectivity index (χ0) is 22.7. The second kappa shape index (κ2) is 8.18. The highest BCUT2D eigenvalue weighted by Crippen LogP contribution is 2.68. The van der Waals surface area contributed by atoms with Crippen LogP contribution in [0, 0.1) is 51.2 Å². The van der Waals surface area contributed by atoms with Gasteiger partial charge in [-0.25, -0.2) is 0 Å². The molecule has 0 heterocycles. The summed E-state index contributed by atoms with van der Waals surface area (Å²) in [6, 6.07) is 0. The van der Waals surface area contributed by atoms with E-state index in [9.17, 15) is 5.11 Å². The standard InChI is InChI=1S/C30H52O/c1-21(2)23-14-18-28(5)20-22-10-12-25-27(3,4)15-8-16-30(25,7)24(22)11-13-26(28)29(23,6)17-9-19-31/h22-26,31H,1,8-20H2,2-7H3. The Morgan fingerprint density at radius 1 is 0.903 bits per heavy atom. The maximum atomic E-state index is 9.71. The van der Waals surface area contributed by atoms with Gasteiger partial charge in [-0.2, -0.15) is 0 Å². The van der Waals surface area contributed by atoms with E-state index in [4.69, 9.17) is 0 Å². The Morgan fingerprint density at radius 3 is 2.29 bits per heavy atom. The highest BCUT2D eigenvalue weighted by molar-refractivity contribution is 5.14. The molecule has 1 N–H and O–H groups in total. The van der Waals surface area contributed by atoms with Gasteiger partial charge in [0, 0.05) is 6.61 Å². The molecule has 4 aliphatic rings. The highest BCUT2D eigenvalue weighted by Gasteiger charge is 2.60. The Hall–Kier alpha value is -0.300. The summed E-state index contributed by atoms with van der Waals surface area (Å²) < 4.78 is 0. The van der Waals surface area contributed by atoms with Crippen molar-refractivity contribution in [1.29, 1.82) is 0 Å². The molecule has 0 spiro atoms. The summed E-state index contributed by atoms with van der Waals surface area (Å²) in [5.41, 5.74) is 3.26. The number of hydrogen-bond donors (Lipinski definition) is 1. The van der Waals surface area contributed by atoms with Crippen molar-refractivity contribution in [2.45, 2.75) is 119 Å². The molecule has 0 amide bonds. The number of hydrogen-bond acceptors (Lipinski definition) is 1. The lowest BCUT2D eigenvalue weighted by molar-refractivity contribution is -0.104. The van der Waals surface area contributed by atoms with E-state index in [2.05, 4.69) is 48.1 Å². The molecule has 4 aliphatic carbocycles. The minimum Gasteiger partial charge on any atom is -0.396 e. The van der Waals surface area contributed by atoms with Crippen LogP contribution < -0.4 is 0 Å². The van der Waals surface area contributed by atoms with Gasteiger partial charge in [0.1, 0.15) is 0 Å². The van der Waals surface area contributed by atoms with E-state index in [0.717, 1.165) is 30.1 Å². The van der Waals surface area contributed by atoms with Crippen molar-refractivity contribution in [2.24, 2.45) is 51.2 Å². The quantitative estimate of drug-likeness (QED) is 0.445. The molecule has 8 atom stereocenters. The molecule has 0 aliphatic heterocycles. The van der Waals surface area contributed by atoms with Gasteiger partial charge < -0.3 is 5.11 Å². The van der Waals surface area contributed by atoms with E-state index in [1.807, 2.05) is 0 Å². The molecular formula is C30H52O. The van der Waals surface area contributed by atoms with E-state index in [1.54, 1.807) is 0 Å². The van der Waals surface area contributed by atoms with Gasteiger partial charge in [0.15, 0.2) is 0 Å². The lowest BCUT2D eigenvalue weighted by Gasteiger charge is -2.60. The molecule has 0 aromatic rings. The monoisotopic (exact) mass is 428 g/mol. The van der Waals surface area contributed by atoms with Crippen LogP contribution in [0.4, 0.5) is 0 Å². The van der Waals surface area contributed by atoms with Crippen molar-refractivity contribution in [1.82, 2.24) is 0 Å². The third-order valence-corrected chi connectivity index (χ3v) is 11.9. The first kappa shape index (κ1) is 23.8. The highest BCUT2D eigenvalue weighted by atomic mass is 16.2. The van der Waals surface area contributed by atoms with Crippen LogP contribution in [0.3, 0.4) is 0 Å². The molecule has 1 nitrogen and oxygen atoms in total. The molecule has 0 bridgehead atoms. The van der Waals surface area contributed by atoms with Gasteiger partial charge >= 0.3 is 0 Å². The Labute approximate surface area is 193 Å². The van der Waals surface area contributed by atoms with Gasteiger partial charge in [-0.05, 0) is 129 Å². The fraction of sp³-hybridized carbons (Fsp3) is 0.933. The van der Waals surface area contributed by atoms with Crippen LogP contribution in [-0.4, -0.2) is 11.7 Å². The van der Waals surface area contributed by atoms with Crippen molar-refractivity contribution >= 4 is 0 Å². The fourth-order valence-electron chi connectivity index (χ4n) is 10.8. The van der Waals surface area contributed by atoms with Crippen molar-refractivity contribution in [3.8, 4) is 0 Å². The predicted molar refractivity (Wildman–Crippen MR) is 133 cm³/mol. The molecule has 31 heavy (non-hydrogen) atoms. The molecule has 8 unspecified atom stereocenters. The Bertz CT molecular complexity index is 678. The molecule has 0 saturated heterocycles. The third kappa shape index (κ3) is 3.77. The average molecular weight is 429 g/mol. The van der Waals surface area contributed by atoms with Crippen LogP contribution in [0.1, 0.15) is 119 Å². The average Bonchev–Trinajstić information content (AvgIpc) is 2.83. The summed E-state index contributed by atoms with van der Waals surface area (Å²) in [6.07, 6.45) is 16.4. The molecule has 0 radical (unpaired) electrons. The summed E-state index contributed by atoms with van der Waals surface area (Å²) in [7, 11) is 0. The lowest BCUT2D eigenvalue weighted by Crippen LogP contribution is -2.52. The van der Waals surface area contributed by atoms with Crippen LogP contribution in [0.5, 0.6) is 0 Å². The van der Waals surface area contributed by atoms with E-state index >= 15 is 0 Å². The number of allylic oxidation sites excluding steroid dienone is 1. The van der Waals surface area contributed by atoms with E-state index < -0.39 is 0 Å². The van der Waals surface area contributed by atoms with Crippen molar-refractivity contribution in [3.63, 3.8) is 0 Å².